The maximum absolute atomic E-state index is 12.2. The number of carbonyl (C=O) groups excluding carboxylic acids is 1. The van der Waals surface area contributed by atoms with Crippen LogP contribution in [0.25, 0.3) is 0 Å². The molecule has 1 aromatic rings. The van der Waals surface area contributed by atoms with E-state index in [1.807, 2.05) is 12.1 Å². The minimum atomic E-state index is -0.00888. The summed E-state index contributed by atoms with van der Waals surface area (Å²) < 4.78 is 5.56. The zero-order chi connectivity index (χ0) is 14.3. The Morgan fingerprint density at radius 1 is 1.05 bits per heavy atom. The van der Waals surface area contributed by atoms with E-state index >= 15 is 0 Å². The van der Waals surface area contributed by atoms with Gasteiger partial charge in [-0.3, -0.25) is 4.79 Å². The lowest BCUT2D eigenvalue weighted by Gasteiger charge is -2.19. The molecule has 0 heterocycles. The molecule has 0 aromatic heterocycles. The van der Waals surface area contributed by atoms with Crippen molar-refractivity contribution in [3.8, 4) is 5.75 Å². The quantitative estimate of drug-likeness (QED) is 0.592. The molecule has 0 amide bonds. The average molecular weight is 272 g/mol. The molecule has 2 nitrogen and oxygen atoms in total. The van der Waals surface area contributed by atoms with Crippen molar-refractivity contribution in [1.82, 2.24) is 0 Å². The number of carbonyl (C=O) groups is 1. The fraction of sp³-hybridized carbons (Fsp3) is 0.611. The fourth-order valence-corrected chi connectivity index (χ4v) is 3.55. The van der Waals surface area contributed by atoms with Gasteiger partial charge in [-0.2, -0.15) is 0 Å². The van der Waals surface area contributed by atoms with Crippen molar-refractivity contribution in [2.45, 2.75) is 51.9 Å². The molecular weight excluding hydrogens is 248 g/mol. The number of hydrogen-bond acceptors (Lipinski definition) is 2. The lowest BCUT2D eigenvalue weighted by molar-refractivity contribution is -0.136. The first kappa shape index (κ1) is 13.7. The molecule has 2 aliphatic rings. The monoisotopic (exact) mass is 272 g/mol. The van der Waals surface area contributed by atoms with Crippen molar-refractivity contribution in [3.05, 3.63) is 29.8 Å². The number of benzene rings is 1. The van der Waals surface area contributed by atoms with E-state index in [0.29, 0.717) is 17.6 Å². The molecule has 0 radical (unpaired) electrons. The highest BCUT2D eigenvalue weighted by Crippen LogP contribution is 2.55. The van der Waals surface area contributed by atoms with Crippen molar-refractivity contribution in [3.63, 3.8) is 0 Å². The van der Waals surface area contributed by atoms with Gasteiger partial charge in [-0.15, -0.1) is 0 Å². The van der Waals surface area contributed by atoms with Crippen LogP contribution in [-0.2, 0) is 10.2 Å². The van der Waals surface area contributed by atoms with E-state index in [1.54, 1.807) is 0 Å². The Kier molecular flexibility index (Phi) is 3.35. The Balaban J connectivity index is 1.62. The molecule has 108 valence electrons. The molecule has 2 heteroatoms. The summed E-state index contributed by atoms with van der Waals surface area (Å²) in [5, 5.41) is 0. The van der Waals surface area contributed by atoms with Gasteiger partial charge in [0.2, 0.25) is 0 Å². The lowest BCUT2D eigenvalue weighted by atomic mass is 9.87. The van der Waals surface area contributed by atoms with E-state index in [4.69, 9.17) is 4.74 Å². The van der Waals surface area contributed by atoms with Crippen LogP contribution in [0, 0.1) is 17.8 Å². The Labute approximate surface area is 121 Å². The van der Waals surface area contributed by atoms with E-state index < -0.39 is 0 Å². The molecule has 0 bridgehead atoms. The summed E-state index contributed by atoms with van der Waals surface area (Å²) in [6.07, 6.45) is 5.00. The average Bonchev–Trinajstić information content (AvgIpc) is 3.12. The zero-order valence-corrected chi connectivity index (χ0v) is 12.7. The highest BCUT2D eigenvalue weighted by molar-refractivity contribution is 5.79. The number of hydrogen-bond donors (Lipinski definition) is 0. The van der Waals surface area contributed by atoms with E-state index in [2.05, 4.69) is 32.9 Å². The highest BCUT2D eigenvalue weighted by atomic mass is 16.5. The summed E-state index contributed by atoms with van der Waals surface area (Å²) in [6, 6.07) is 7.96. The van der Waals surface area contributed by atoms with Crippen molar-refractivity contribution < 1.29 is 9.53 Å². The van der Waals surface area contributed by atoms with Gasteiger partial charge in [0.15, 0.2) is 0 Å². The van der Waals surface area contributed by atoms with Crippen LogP contribution in [0.4, 0.5) is 0 Å². The third-order valence-electron chi connectivity index (χ3n) is 4.87. The highest BCUT2D eigenvalue weighted by Gasteiger charge is 2.55. The first-order valence-corrected chi connectivity index (χ1v) is 7.79. The molecule has 2 aliphatic carbocycles. The van der Waals surface area contributed by atoms with Crippen molar-refractivity contribution in [1.29, 1.82) is 0 Å². The molecular formula is C18H24O2. The van der Waals surface area contributed by atoms with Gasteiger partial charge in [0, 0.05) is 0 Å². The maximum Gasteiger partial charge on any atom is 0.314 e. The summed E-state index contributed by atoms with van der Waals surface area (Å²) in [4.78, 5) is 12.2. The van der Waals surface area contributed by atoms with Gasteiger partial charge in [-0.05, 0) is 47.8 Å². The molecule has 0 unspecified atom stereocenters. The summed E-state index contributed by atoms with van der Waals surface area (Å²) in [5.74, 6) is 2.09. The standard InChI is InChI=1S/C18H24O2/c1-18(2,3)12-8-10-13(11-9-12)20-17(19)16-14-6-4-5-7-15(14)16/h8-11,14-16H,4-7H2,1-3H3/t14-,15-/m0/s1. The Morgan fingerprint density at radius 2 is 1.60 bits per heavy atom. The number of ether oxygens (including phenoxy) is 1. The second-order valence-corrected chi connectivity index (χ2v) is 7.33. The van der Waals surface area contributed by atoms with Gasteiger partial charge < -0.3 is 4.74 Å². The SMILES string of the molecule is CC(C)(C)c1ccc(OC(=O)C2[C@H]3CCCC[C@H]23)cc1. The summed E-state index contributed by atoms with van der Waals surface area (Å²) >= 11 is 0. The Bertz CT molecular complexity index is 483. The number of rotatable bonds is 2. The van der Waals surface area contributed by atoms with E-state index in [1.165, 1.54) is 31.2 Å². The van der Waals surface area contributed by atoms with Gasteiger partial charge in [-0.25, -0.2) is 0 Å². The predicted molar refractivity (Wildman–Crippen MR) is 79.7 cm³/mol. The van der Waals surface area contributed by atoms with Crippen LogP contribution in [-0.4, -0.2) is 5.97 Å². The molecule has 0 spiro atoms. The topological polar surface area (TPSA) is 26.3 Å². The molecule has 2 fully saturated rings. The second-order valence-electron chi connectivity index (χ2n) is 7.33. The van der Waals surface area contributed by atoms with Gasteiger partial charge in [0.25, 0.3) is 0 Å². The fourth-order valence-electron chi connectivity index (χ4n) is 3.55. The van der Waals surface area contributed by atoms with Crippen LogP contribution in [0.15, 0.2) is 24.3 Å². The molecule has 0 saturated heterocycles. The number of fused-ring (bicyclic) bond motifs is 1. The van der Waals surface area contributed by atoms with Crippen molar-refractivity contribution >= 4 is 5.97 Å². The first-order chi connectivity index (χ1) is 9.47. The van der Waals surface area contributed by atoms with Gasteiger partial charge in [0.1, 0.15) is 5.75 Å². The number of esters is 1. The maximum atomic E-state index is 12.2. The summed E-state index contributed by atoms with van der Waals surface area (Å²) in [7, 11) is 0. The molecule has 2 saturated carbocycles. The predicted octanol–water partition coefficient (Wildman–Crippen LogP) is 4.33. The van der Waals surface area contributed by atoms with Crippen LogP contribution in [0.5, 0.6) is 5.75 Å². The second kappa shape index (κ2) is 4.91. The third kappa shape index (κ3) is 2.61. The normalized spacial score (nSPS) is 28.6. The zero-order valence-electron chi connectivity index (χ0n) is 12.7. The van der Waals surface area contributed by atoms with Crippen molar-refractivity contribution in [2.75, 3.05) is 0 Å². The van der Waals surface area contributed by atoms with E-state index in [9.17, 15) is 4.79 Å². The third-order valence-corrected chi connectivity index (χ3v) is 4.87. The van der Waals surface area contributed by atoms with Crippen LogP contribution in [0.1, 0.15) is 52.0 Å². The van der Waals surface area contributed by atoms with E-state index in [-0.39, 0.29) is 17.3 Å². The van der Waals surface area contributed by atoms with Crippen LogP contribution in [0.3, 0.4) is 0 Å². The van der Waals surface area contributed by atoms with Crippen LogP contribution >= 0.6 is 0 Å². The molecule has 3 rings (SSSR count). The largest absolute Gasteiger partial charge is 0.426 e. The Morgan fingerprint density at radius 3 is 2.10 bits per heavy atom. The van der Waals surface area contributed by atoms with Gasteiger partial charge in [0.05, 0.1) is 5.92 Å². The van der Waals surface area contributed by atoms with Crippen LogP contribution < -0.4 is 4.74 Å². The molecule has 20 heavy (non-hydrogen) atoms. The molecule has 0 N–H and O–H groups in total. The van der Waals surface area contributed by atoms with Crippen molar-refractivity contribution in [2.24, 2.45) is 17.8 Å². The molecule has 1 aromatic carbocycles. The molecule has 2 atom stereocenters. The van der Waals surface area contributed by atoms with Gasteiger partial charge >= 0.3 is 5.97 Å². The Hall–Kier alpha value is -1.31. The van der Waals surface area contributed by atoms with Crippen LogP contribution in [0.2, 0.25) is 0 Å². The minimum absolute atomic E-state index is 0.00888. The minimum Gasteiger partial charge on any atom is -0.426 e. The smallest absolute Gasteiger partial charge is 0.314 e. The lowest BCUT2D eigenvalue weighted by Crippen LogP contribution is -2.13. The first-order valence-electron chi connectivity index (χ1n) is 7.79. The van der Waals surface area contributed by atoms with Gasteiger partial charge in [-0.1, -0.05) is 45.7 Å². The summed E-state index contributed by atoms with van der Waals surface area (Å²) in [5.41, 5.74) is 1.39. The van der Waals surface area contributed by atoms with E-state index in [0.717, 1.165) is 0 Å². The molecule has 0 aliphatic heterocycles. The summed E-state index contributed by atoms with van der Waals surface area (Å²) in [6.45, 7) is 6.55.